The van der Waals surface area contributed by atoms with Gasteiger partial charge in [0.2, 0.25) is 10.0 Å². The molecule has 0 aliphatic heterocycles. The topological polar surface area (TPSA) is 90.0 Å². The summed E-state index contributed by atoms with van der Waals surface area (Å²) in [7, 11) is -2.12. The van der Waals surface area contributed by atoms with Crippen molar-refractivity contribution in [3.63, 3.8) is 0 Å². The van der Waals surface area contributed by atoms with Crippen LogP contribution in [0.25, 0.3) is 5.69 Å². The molecule has 6 nitrogen and oxygen atoms in total. The van der Waals surface area contributed by atoms with E-state index in [1.54, 1.807) is 23.1 Å². The number of sulfonamides is 1. The normalized spacial score (nSPS) is 11.7. The second kappa shape index (κ2) is 4.86. The van der Waals surface area contributed by atoms with Crippen LogP contribution in [0.3, 0.4) is 0 Å². The Hall–Kier alpha value is -1.13. The van der Waals surface area contributed by atoms with E-state index in [0.717, 1.165) is 3.57 Å². The number of nitrogen functional groups attached to an aromatic ring is 1. The average Bonchev–Trinajstić information content (AvgIpc) is 2.76. The molecule has 0 aliphatic carbocycles. The predicted octanol–water partition coefficient (Wildman–Crippen LogP) is 0.967. The zero-order valence-electron chi connectivity index (χ0n) is 9.46. The Bertz CT molecular complexity index is 681. The maximum absolute atomic E-state index is 11.7. The minimum Gasteiger partial charge on any atom is -0.397 e. The number of nitrogens with two attached hydrogens (primary N) is 1. The lowest BCUT2D eigenvalue weighted by Crippen LogP contribution is -2.19. The zero-order chi connectivity index (χ0) is 13.3. The Morgan fingerprint density at radius 1 is 1.44 bits per heavy atom. The molecule has 1 heterocycles. The van der Waals surface area contributed by atoms with E-state index in [-0.39, 0.29) is 4.90 Å². The van der Waals surface area contributed by atoms with Gasteiger partial charge in [-0.1, -0.05) is 0 Å². The minimum absolute atomic E-state index is 0.153. The number of nitrogens with zero attached hydrogens (tertiary/aromatic N) is 2. The first-order valence-corrected chi connectivity index (χ1v) is 7.54. The first-order valence-electron chi connectivity index (χ1n) is 4.97. The van der Waals surface area contributed by atoms with E-state index < -0.39 is 10.0 Å². The monoisotopic (exact) mass is 378 g/mol. The Morgan fingerprint density at radius 3 is 2.72 bits per heavy atom. The van der Waals surface area contributed by atoms with Gasteiger partial charge in [0.25, 0.3) is 0 Å². The maximum atomic E-state index is 11.7. The average molecular weight is 378 g/mol. The van der Waals surface area contributed by atoms with Crippen LogP contribution in [0.4, 0.5) is 5.69 Å². The minimum atomic E-state index is -3.49. The van der Waals surface area contributed by atoms with E-state index in [0.29, 0.717) is 11.4 Å². The molecule has 96 valence electrons. The van der Waals surface area contributed by atoms with Crippen LogP contribution in [-0.2, 0) is 10.0 Å². The number of hydrogen-bond acceptors (Lipinski definition) is 4. The summed E-state index contributed by atoms with van der Waals surface area (Å²) in [6, 6.07) is 4.50. The Kier molecular flexibility index (Phi) is 3.59. The standard InChI is InChI=1S/C10H11IN4O2S/c1-13-18(16,17)8-2-3-9(12)10(4-8)15-6-7(11)5-14-15/h2-6,13H,12H2,1H3. The predicted molar refractivity (Wildman–Crippen MR) is 76.9 cm³/mol. The van der Waals surface area contributed by atoms with Crippen molar-refractivity contribution in [2.75, 3.05) is 12.8 Å². The number of anilines is 1. The van der Waals surface area contributed by atoms with Gasteiger partial charge in [-0.2, -0.15) is 5.10 Å². The van der Waals surface area contributed by atoms with Crippen molar-refractivity contribution in [1.82, 2.24) is 14.5 Å². The maximum Gasteiger partial charge on any atom is 0.240 e. The molecule has 0 saturated heterocycles. The smallest absolute Gasteiger partial charge is 0.240 e. The number of rotatable bonds is 3. The molecule has 0 amide bonds. The molecule has 0 radical (unpaired) electrons. The van der Waals surface area contributed by atoms with E-state index in [9.17, 15) is 8.42 Å². The fourth-order valence-corrected chi connectivity index (χ4v) is 2.58. The molecule has 1 aromatic heterocycles. The summed E-state index contributed by atoms with van der Waals surface area (Å²) in [5, 5.41) is 4.11. The SMILES string of the molecule is CNS(=O)(=O)c1ccc(N)c(-n2cc(I)cn2)c1. The highest BCUT2D eigenvalue weighted by Gasteiger charge is 2.14. The first-order chi connectivity index (χ1) is 8.44. The number of halogens is 1. The van der Waals surface area contributed by atoms with E-state index in [1.807, 2.05) is 0 Å². The van der Waals surface area contributed by atoms with Crippen LogP contribution in [0.1, 0.15) is 0 Å². The van der Waals surface area contributed by atoms with Crippen LogP contribution in [0.5, 0.6) is 0 Å². The van der Waals surface area contributed by atoms with E-state index in [2.05, 4.69) is 32.4 Å². The largest absolute Gasteiger partial charge is 0.397 e. The molecule has 8 heteroatoms. The number of benzene rings is 1. The summed E-state index contributed by atoms with van der Waals surface area (Å²) in [6.45, 7) is 0. The summed E-state index contributed by atoms with van der Waals surface area (Å²) in [5.41, 5.74) is 6.84. The highest BCUT2D eigenvalue weighted by Crippen LogP contribution is 2.21. The van der Waals surface area contributed by atoms with E-state index in [4.69, 9.17) is 5.73 Å². The van der Waals surface area contributed by atoms with Crippen molar-refractivity contribution < 1.29 is 8.42 Å². The second-order valence-corrected chi connectivity index (χ2v) is 6.66. The van der Waals surface area contributed by atoms with Gasteiger partial charge in [-0.15, -0.1) is 0 Å². The van der Waals surface area contributed by atoms with Gasteiger partial charge in [0.05, 0.1) is 26.0 Å². The number of hydrogen-bond donors (Lipinski definition) is 2. The van der Waals surface area contributed by atoms with Crippen LogP contribution >= 0.6 is 22.6 Å². The van der Waals surface area contributed by atoms with Crippen molar-refractivity contribution in [3.05, 3.63) is 34.2 Å². The Labute approximate surface area is 118 Å². The first kappa shape index (κ1) is 13.3. The van der Waals surface area contributed by atoms with Crippen LogP contribution in [0.15, 0.2) is 35.5 Å². The molecular formula is C10H11IN4O2S. The van der Waals surface area contributed by atoms with Crippen LogP contribution in [-0.4, -0.2) is 25.2 Å². The molecule has 18 heavy (non-hydrogen) atoms. The molecule has 0 fully saturated rings. The van der Waals surface area contributed by atoms with Crippen LogP contribution < -0.4 is 10.5 Å². The fraction of sp³-hybridized carbons (Fsp3) is 0.100. The molecule has 2 aromatic rings. The van der Waals surface area contributed by atoms with Crippen molar-refractivity contribution in [2.24, 2.45) is 0 Å². The van der Waals surface area contributed by atoms with Gasteiger partial charge in [0.1, 0.15) is 0 Å². The molecule has 0 saturated carbocycles. The third-order valence-corrected chi connectivity index (χ3v) is 4.35. The van der Waals surface area contributed by atoms with Gasteiger partial charge in [-0.3, -0.25) is 0 Å². The summed E-state index contributed by atoms with van der Waals surface area (Å²) < 4.78 is 28.2. The molecule has 0 spiro atoms. The third-order valence-electron chi connectivity index (χ3n) is 2.38. The van der Waals surface area contributed by atoms with Gasteiger partial charge >= 0.3 is 0 Å². The number of aromatic nitrogens is 2. The lowest BCUT2D eigenvalue weighted by molar-refractivity contribution is 0.588. The van der Waals surface area contributed by atoms with Crippen molar-refractivity contribution in [1.29, 1.82) is 0 Å². The second-order valence-electron chi connectivity index (χ2n) is 3.53. The van der Waals surface area contributed by atoms with Gasteiger partial charge in [-0.05, 0) is 47.8 Å². The van der Waals surface area contributed by atoms with Crippen molar-refractivity contribution in [3.8, 4) is 5.69 Å². The molecule has 3 N–H and O–H groups in total. The molecule has 0 bridgehead atoms. The molecule has 2 rings (SSSR count). The highest BCUT2D eigenvalue weighted by molar-refractivity contribution is 14.1. The van der Waals surface area contributed by atoms with Gasteiger partial charge in [0, 0.05) is 6.20 Å². The molecule has 0 atom stereocenters. The van der Waals surface area contributed by atoms with Gasteiger partial charge in [0.15, 0.2) is 0 Å². The van der Waals surface area contributed by atoms with Crippen LogP contribution in [0.2, 0.25) is 0 Å². The lowest BCUT2D eigenvalue weighted by atomic mass is 10.3. The van der Waals surface area contributed by atoms with Crippen molar-refractivity contribution in [2.45, 2.75) is 4.90 Å². The summed E-state index contributed by atoms with van der Waals surface area (Å²) in [6.07, 6.45) is 3.43. The zero-order valence-corrected chi connectivity index (χ0v) is 12.4. The van der Waals surface area contributed by atoms with Gasteiger partial charge in [-0.25, -0.2) is 17.8 Å². The van der Waals surface area contributed by atoms with Crippen molar-refractivity contribution >= 4 is 38.3 Å². The highest BCUT2D eigenvalue weighted by atomic mass is 127. The number of nitrogens with one attached hydrogen (secondary N) is 1. The third kappa shape index (κ3) is 2.49. The van der Waals surface area contributed by atoms with Crippen LogP contribution in [0, 0.1) is 3.57 Å². The molecular weight excluding hydrogens is 367 g/mol. The molecule has 0 unspecified atom stereocenters. The van der Waals surface area contributed by atoms with E-state index >= 15 is 0 Å². The fourth-order valence-electron chi connectivity index (χ4n) is 1.44. The van der Waals surface area contributed by atoms with Gasteiger partial charge < -0.3 is 5.73 Å². The summed E-state index contributed by atoms with van der Waals surface area (Å²) >= 11 is 2.12. The molecule has 0 aliphatic rings. The summed E-state index contributed by atoms with van der Waals surface area (Å²) in [4.78, 5) is 0.153. The lowest BCUT2D eigenvalue weighted by Gasteiger charge is -2.08. The summed E-state index contributed by atoms with van der Waals surface area (Å²) in [5.74, 6) is 0. The Morgan fingerprint density at radius 2 is 2.17 bits per heavy atom. The Balaban J connectivity index is 2.59. The van der Waals surface area contributed by atoms with E-state index in [1.165, 1.54) is 19.2 Å². The molecule has 1 aromatic carbocycles. The quantitative estimate of drug-likeness (QED) is 0.615.